The maximum atomic E-state index is 13.0. The van der Waals surface area contributed by atoms with Crippen molar-refractivity contribution in [2.24, 2.45) is 0 Å². The van der Waals surface area contributed by atoms with Gasteiger partial charge in [0, 0.05) is 0 Å². The first-order valence-corrected chi connectivity index (χ1v) is 8.96. The van der Waals surface area contributed by atoms with Crippen LogP contribution in [-0.2, 0) is 16.6 Å². The van der Waals surface area contributed by atoms with Gasteiger partial charge >= 0.3 is 0 Å². The molecule has 136 valence electrons. The molecule has 0 saturated carbocycles. The lowest BCUT2D eigenvalue weighted by Gasteiger charge is -2.31. The summed E-state index contributed by atoms with van der Waals surface area (Å²) in [5.41, 5.74) is 1.34. The molecular formula is C21H23NO4. The molecule has 0 aliphatic carbocycles. The van der Waals surface area contributed by atoms with Gasteiger partial charge in [-0.25, -0.2) is 0 Å². The molecule has 0 bridgehead atoms. The Labute approximate surface area is 153 Å². The summed E-state index contributed by atoms with van der Waals surface area (Å²) < 4.78 is 17.0. The molecule has 2 aromatic carbocycles. The van der Waals surface area contributed by atoms with Crippen molar-refractivity contribution in [1.29, 1.82) is 0 Å². The molecule has 0 radical (unpaired) electrons. The second-order valence-corrected chi connectivity index (χ2v) is 7.28. The Bertz CT molecular complexity index is 831. The van der Waals surface area contributed by atoms with Gasteiger partial charge in [0.25, 0.3) is 0 Å². The SMILES string of the molecule is CC(C)(C(=O)N[C@H]1COc2ccccc2C1)c1ccc2c(c1)OCCO2. The minimum absolute atomic E-state index is 0.0258. The minimum atomic E-state index is -0.688. The van der Waals surface area contributed by atoms with Crippen LogP contribution in [0.1, 0.15) is 25.0 Å². The van der Waals surface area contributed by atoms with Gasteiger partial charge in [0.05, 0.1) is 11.5 Å². The highest BCUT2D eigenvalue weighted by molar-refractivity contribution is 5.87. The number of fused-ring (bicyclic) bond motifs is 2. The van der Waals surface area contributed by atoms with Crippen LogP contribution in [0, 0.1) is 0 Å². The van der Waals surface area contributed by atoms with E-state index in [1.165, 1.54) is 0 Å². The second-order valence-electron chi connectivity index (χ2n) is 7.28. The number of para-hydroxylation sites is 1. The van der Waals surface area contributed by atoms with E-state index in [-0.39, 0.29) is 11.9 Å². The molecule has 5 nitrogen and oxygen atoms in total. The lowest BCUT2D eigenvalue weighted by atomic mass is 9.83. The van der Waals surface area contributed by atoms with Crippen molar-refractivity contribution < 1.29 is 19.0 Å². The lowest BCUT2D eigenvalue weighted by molar-refractivity contribution is -0.126. The molecule has 26 heavy (non-hydrogen) atoms. The third kappa shape index (κ3) is 3.09. The number of nitrogens with one attached hydrogen (secondary N) is 1. The maximum Gasteiger partial charge on any atom is 0.230 e. The van der Waals surface area contributed by atoms with Crippen LogP contribution >= 0.6 is 0 Å². The van der Waals surface area contributed by atoms with Gasteiger partial charge in [-0.1, -0.05) is 24.3 Å². The number of hydrogen-bond donors (Lipinski definition) is 1. The number of carbonyl (C=O) groups is 1. The molecule has 0 aromatic heterocycles. The van der Waals surface area contributed by atoms with Crippen molar-refractivity contribution in [3.05, 3.63) is 53.6 Å². The van der Waals surface area contributed by atoms with Gasteiger partial charge in [-0.2, -0.15) is 0 Å². The fourth-order valence-electron chi connectivity index (χ4n) is 3.35. The van der Waals surface area contributed by atoms with Gasteiger partial charge < -0.3 is 19.5 Å². The molecule has 0 saturated heterocycles. The smallest absolute Gasteiger partial charge is 0.230 e. The molecule has 4 rings (SSSR count). The normalized spacial score (nSPS) is 18.5. The highest BCUT2D eigenvalue weighted by atomic mass is 16.6. The molecule has 1 atom stereocenters. The van der Waals surface area contributed by atoms with E-state index in [9.17, 15) is 4.79 Å². The predicted octanol–water partition coefficient (Wildman–Crippen LogP) is 2.86. The Balaban J connectivity index is 1.49. The summed E-state index contributed by atoms with van der Waals surface area (Å²) in [7, 11) is 0. The summed E-state index contributed by atoms with van der Waals surface area (Å²) in [6.45, 7) is 5.41. The van der Waals surface area contributed by atoms with Crippen LogP contribution < -0.4 is 19.5 Å². The van der Waals surface area contributed by atoms with Gasteiger partial charge in [0.2, 0.25) is 5.91 Å². The standard InChI is InChI=1S/C21H23NO4/c1-21(2,15-7-8-18-19(12-15)25-10-9-24-18)20(23)22-16-11-14-5-3-4-6-17(14)26-13-16/h3-8,12,16H,9-11,13H2,1-2H3,(H,22,23)/t16-/m1/s1. The van der Waals surface area contributed by atoms with Crippen molar-refractivity contribution in [2.75, 3.05) is 19.8 Å². The monoisotopic (exact) mass is 353 g/mol. The van der Waals surface area contributed by atoms with E-state index in [0.717, 1.165) is 29.0 Å². The molecule has 2 aliphatic heterocycles. The van der Waals surface area contributed by atoms with Crippen molar-refractivity contribution in [3.63, 3.8) is 0 Å². The Morgan fingerprint density at radius 1 is 1.00 bits per heavy atom. The Hall–Kier alpha value is -2.69. The molecule has 2 heterocycles. The number of amides is 1. The Morgan fingerprint density at radius 3 is 2.62 bits per heavy atom. The van der Waals surface area contributed by atoms with Crippen LogP contribution in [0.3, 0.4) is 0 Å². The van der Waals surface area contributed by atoms with E-state index >= 15 is 0 Å². The Morgan fingerprint density at radius 2 is 1.77 bits per heavy atom. The largest absolute Gasteiger partial charge is 0.491 e. The fraction of sp³-hybridized carbons (Fsp3) is 0.381. The molecule has 2 aliphatic rings. The van der Waals surface area contributed by atoms with Crippen LogP contribution in [0.15, 0.2) is 42.5 Å². The van der Waals surface area contributed by atoms with Crippen molar-refractivity contribution in [2.45, 2.75) is 31.7 Å². The third-order valence-electron chi connectivity index (χ3n) is 5.05. The average Bonchev–Trinajstić information content (AvgIpc) is 2.67. The van der Waals surface area contributed by atoms with E-state index in [4.69, 9.17) is 14.2 Å². The van der Waals surface area contributed by atoms with Crippen molar-refractivity contribution >= 4 is 5.91 Å². The zero-order valence-corrected chi connectivity index (χ0v) is 15.1. The summed E-state index contributed by atoms with van der Waals surface area (Å²) in [5, 5.41) is 3.14. The molecule has 1 amide bonds. The number of hydrogen-bond acceptors (Lipinski definition) is 4. The maximum absolute atomic E-state index is 13.0. The van der Waals surface area contributed by atoms with Gasteiger partial charge in [0.1, 0.15) is 25.6 Å². The van der Waals surface area contributed by atoms with Gasteiger partial charge in [-0.05, 0) is 49.6 Å². The molecule has 1 N–H and O–H groups in total. The summed E-state index contributed by atoms with van der Waals surface area (Å²) in [5.74, 6) is 2.31. The van der Waals surface area contributed by atoms with Crippen LogP contribution in [0.5, 0.6) is 17.2 Å². The van der Waals surface area contributed by atoms with Gasteiger partial charge in [-0.15, -0.1) is 0 Å². The van der Waals surface area contributed by atoms with Gasteiger partial charge in [-0.3, -0.25) is 4.79 Å². The highest BCUT2D eigenvalue weighted by Crippen LogP contribution is 2.35. The number of carbonyl (C=O) groups excluding carboxylic acids is 1. The van der Waals surface area contributed by atoms with Crippen molar-refractivity contribution in [3.8, 4) is 17.2 Å². The molecule has 0 fully saturated rings. The predicted molar refractivity (Wildman–Crippen MR) is 98.0 cm³/mol. The number of rotatable bonds is 3. The van der Waals surface area contributed by atoms with Gasteiger partial charge in [0.15, 0.2) is 11.5 Å². The first-order chi connectivity index (χ1) is 12.5. The van der Waals surface area contributed by atoms with Crippen molar-refractivity contribution in [1.82, 2.24) is 5.32 Å². The summed E-state index contributed by atoms with van der Waals surface area (Å²) >= 11 is 0. The minimum Gasteiger partial charge on any atom is -0.491 e. The highest BCUT2D eigenvalue weighted by Gasteiger charge is 2.33. The molecule has 0 unspecified atom stereocenters. The van der Waals surface area contributed by atoms with E-state index in [1.54, 1.807) is 0 Å². The quantitative estimate of drug-likeness (QED) is 0.922. The van der Waals surface area contributed by atoms with Crippen LogP contribution in [0.4, 0.5) is 0 Å². The number of ether oxygens (including phenoxy) is 3. The van der Waals surface area contributed by atoms with Crippen LogP contribution in [0.25, 0.3) is 0 Å². The van der Waals surface area contributed by atoms with Crippen LogP contribution in [-0.4, -0.2) is 31.8 Å². The summed E-state index contributed by atoms with van der Waals surface area (Å²) in [4.78, 5) is 13.0. The zero-order valence-electron chi connectivity index (χ0n) is 15.1. The first kappa shape index (κ1) is 16.8. The van der Waals surface area contributed by atoms with Crippen LogP contribution in [0.2, 0.25) is 0 Å². The Kier molecular flexibility index (Phi) is 4.23. The average molecular weight is 353 g/mol. The summed E-state index contributed by atoms with van der Waals surface area (Å²) in [6.07, 6.45) is 0.777. The molecule has 2 aromatic rings. The molecular weight excluding hydrogens is 330 g/mol. The molecule has 0 spiro atoms. The van der Waals surface area contributed by atoms with E-state index in [1.807, 2.05) is 56.3 Å². The first-order valence-electron chi connectivity index (χ1n) is 8.96. The zero-order chi connectivity index (χ0) is 18.1. The number of benzene rings is 2. The van der Waals surface area contributed by atoms with E-state index in [2.05, 4.69) is 5.32 Å². The van der Waals surface area contributed by atoms with E-state index in [0.29, 0.717) is 25.6 Å². The third-order valence-corrected chi connectivity index (χ3v) is 5.05. The topological polar surface area (TPSA) is 56.8 Å². The lowest BCUT2D eigenvalue weighted by Crippen LogP contribution is -2.49. The second kappa shape index (κ2) is 6.56. The molecule has 5 heteroatoms. The fourth-order valence-corrected chi connectivity index (χ4v) is 3.35. The van der Waals surface area contributed by atoms with E-state index < -0.39 is 5.41 Å². The summed E-state index contributed by atoms with van der Waals surface area (Å²) in [6, 6.07) is 13.6.